The third kappa shape index (κ3) is 4.64. The summed E-state index contributed by atoms with van der Waals surface area (Å²) >= 11 is -0.231. The molecule has 0 fully saturated rings. The monoisotopic (exact) mass is 296 g/mol. The predicted octanol–water partition coefficient (Wildman–Crippen LogP) is 0.442. The predicted molar refractivity (Wildman–Crippen MR) is 54.5 cm³/mol. The van der Waals surface area contributed by atoms with Crippen LogP contribution < -0.4 is 3.61 Å². The van der Waals surface area contributed by atoms with E-state index in [0.717, 1.165) is 4.47 Å². The van der Waals surface area contributed by atoms with Crippen LogP contribution in [-0.2, 0) is 4.74 Å². The molecule has 13 heavy (non-hydrogen) atoms. The summed E-state index contributed by atoms with van der Waals surface area (Å²) in [5.41, 5.74) is 0. The van der Waals surface area contributed by atoms with Crippen LogP contribution >= 0.6 is 0 Å². The summed E-state index contributed by atoms with van der Waals surface area (Å²) < 4.78 is 7.15. The first-order chi connectivity index (χ1) is 6.33. The molecule has 0 radical (unpaired) electrons. The molecule has 1 N–H and O–H groups in total. The van der Waals surface area contributed by atoms with Crippen LogP contribution in [0.1, 0.15) is 0 Å². The Morgan fingerprint density at radius 1 is 1.38 bits per heavy atom. The zero-order valence-corrected chi connectivity index (χ0v) is 9.97. The summed E-state index contributed by atoms with van der Waals surface area (Å²) in [6, 6.07) is 10.4. The Balaban J connectivity index is 2.27. The van der Waals surface area contributed by atoms with Crippen molar-refractivity contribution >= 4 is 24.5 Å². The Kier molecular flexibility index (Phi) is 5.41. The SMILES string of the molecule is COC[C@H](O)C[Te]c1ccccc1. The summed E-state index contributed by atoms with van der Waals surface area (Å²) in [6.07, 6.45) is -0.285. The maximum absolute atomic E-state index is 9.42. The zero-order chi connectivity index (χ0) is 9.52. The average Bonchev–Trinajstić information content (AvgIpc) is 2.17. The molecule has 0 aliphatic rings. The number of aliphatic hydroxyl groups is 1. The quantitative estimate of drug-likeness (QED) is 0.799. The first-order valence-corrected chi connectivity index (χ1v) is 6.99. The van der Waals surface area contributed by atoms with Crippen molar-refractivity contribution in [1.82, 2.24) is 0 Å². The van der Waals surface area contributed by atoms with Crippen LogP contribution in [0.4, 0.5) is 0 Å². The molecule has 0 saturated heterocycles. The fourth-order valence-corrected chi connectivity index (χ4v) is 3.32. The van der Waals surface area contributed by atoms with Crippen LogP contribution in [0.15, 0.2) is 30.3 Å². The molecule has 0 aliphatic carbocycles. The van der Waals surface area contributed by atoms with Gasteiger partial charge in [0, 0.05) is 0 Å². The molecule has 1 aromatic rings. The molecule has 3 heteroatoms. The Labute approximate surface area is 89.0 Å². The van der Waals surface area contributed by atoms with E-state index in [9.17, 15) is 5.11 Å². The van der Waals surface area contributed by atoms with Crippen LogP contribution in [-0.4, -0.2) is 45.9 Å². The van der Waals surface area contributed by atoms with Gasteiger partial charge in [0.15, 0.2) is 0 Å². The van der Waals surface area contributed by atoms with E-state index < -0.39 is 0 Å². The van der Waals surface area contributed by atoms with E-state index in [1.54, 1.807) is 7.11 Å². The fourth-order valence-electron chi connectivity index (χ4n) is 0.950. The second-order valence-electron chi connectivity index (χ2n) is 2.73. The minimum absolute atomic E-state index is 0.231. The van der Waals surface area contributed by atoms with Crippen molar-refractivity contribution < 1.29 is 9.84 Å². The van der Waals surface area contributed by atoms with E-state index in [4.69, 9.17) is 4.74 Å². The van der Waals surface area contributed by atoms with Gasteiger partial charge in [-0.3, -0.25) is 0 Å². The molecule has 0 bridgehead atoms. The molecule has 72 valence electrons. The van der Waals surface area contributed by atoms with Crippen LogP contribution in [0.5, 0.6) is 0 Å². The van der Waals surface area contributed by atoms with E-state index in [-0.39, 0.29) is 27.0 Å². The summed E-state index contributed by atoms with van der Waals surface area (Å²) in [7, 11) is 1.62. The molecule has 1 aromatic carbocycles. The Morgan fingerprint density at radius 2 is 2.08 bits per heavy atom. The van der Waals surface area contributed by atoms with E-state index in [2.05, 4.69) is 12.1 Å². The van der Waals surface area contributed by atoms with Crippen molar-refractivity contribution in [3.63, 3.8) is 0 Å². The molecule has 0 heterocycles. The van der Waals surface area contributed by atoms with Crippen molar-refractivity contribution in [1.29, 1.82) is 0 Å². The van der Waals surface area contributed by atoms with Gasteiger partial charge in [0.05, 0.1) is 0 Å². The third-order valence-corrected chi connectivity index (χ3v) is 4.85. The minimum atomic E-state index is -0.285. The van der Waals surface area contributed by atoms with Crippen LogP contribution in [0, 0.1) is 0 Å². The first kappa shape index (κ1) is 11.0. The normalized spacial score (nSPS) is 12.8. The Morgan fingerprint density at radius 3 is 2.69 bits per heavy atom. The molecular formula is C10H14O2Te. The van der Waals surface area contributed by atoms with E-state index in [1.165, 1.54) is 3.61 Å². The van der Waals surface area contributed by atoms with Crippen LogP contribution in [0.2, 0.25) is 4.47 Å². The Hall–Kier alpha value is -0.0704. The van der Waals surface area contributed by atoms with Crippen LogP contribution in [0.3, 0.4) is 0 Å². The molecule has 2 nitrogen and oxygen atoms in total. The summed E-state index contributed by atoms with van der Waals surface area (Å²) in [5.74, 6) is 0. The molecule has 0 spiro atoms. The number of aliphatic hydroxyl groups excluding tert-OH is 1. The van der Waals surface area contributed by atoms with Gasteiger partial charge in [0.25, 0.3) is 0 Å². The summed E-state index contributed by atoms with van der Waals surface area (Å²) in [5, 5.41) is 9.42. The van der Waals surface area contributed by atoms with Crippen LogP contribution in [0.25, 0.3) is 0 Å². The standard InChI is InChI=1S/C10H14O2Te/c1-12-7-9(11)8-13-10-5-3-2-4-6-10/h2-6,9,11H,7-8H2,1H3/t9-/m0/s1. The van der Waals surface area contributed by atoms with Gasteiger partial charge in [0.2, 0.25) is 0 Å². The number of hydrogen-bond donors (Lipinski definition) is 1. The number of benzene rings is 1. The molecule has 1 rings (SSSR count). The van der Waals surface area contributed by atoms with Crippen molar-refractivity contribution in [2.75, 3.05) is 13.7 Å². The number of rotatable bonds is 5. The second-order valence-corrected chi connectivity index (χ2v) is 5.85. The van der Waals surface area contributed by atoms with E-state index in [1.807, 2.05) is 18.2 Å². The van der Waals surface area contributed by atoms with Crippen molar-refractivity contribution in [2.24, 2.45) is 0 Å². The molecular weight excluding hydrogens is 280 g/mol. The summed E-state index contributed by atoms with van der Waals surface area (Å²) in [6.45, 7) is 0.456. The number of ether oxygens (including phenoxy) is 1. The van der Waals surface area contributed by atoms with Gasteiger partial charge in [-0.15, -0.1) is 0 Å². The Bertz CT molecular complexity index is 226. The molecule has 0 aromatic heterocycles. The topological polar surface area (TPSA) is 29.5 Å². The van der Waals surface area contributed by atoms with Crippen molar-refractivity contribution in [3.05, 3.63) is 30.3 Å². The second kappa shape index (κ2) is 6.39. The van der Waals surface area contributed by atoms with Crippen molar-refractivity contribution in [3.8, 4) is 0 Å². The average molecular weight is 294 g/mol. The third-order valence-electron chi connectivity index (χ3n) is 1.54. The number of methoxy groups -OCH3 is 1. The van der Waals surface area contributed by atoms with Gasteiger partial charge in [0.1, 0.15) is 0 Å². The first-order valence-electron chi connectivity index (χ1n) is 4.18. The zero-order valence-electron chi connectivity index (χ0n) is 7.64. The fraction of sp³-hybridized carbons (Fsp3) is 0.400. The van der Waals surface area contributed by atoms with Crippen molar-refractivity contribution in [2.45, 2.75) is 10.6 Å². The molecule has 1 atom stereocenters. The molecule has 0 unspecified atom stereocenters. The van der Waals surface area contributed by atoms with E-state index in [0.29, 0.717) is 6.61 Å². The van der Waals surface area contributed by atoms with Gasteiger partial charge in [-0.1, -0.05) is 0 Å². The number of hydrogen-bond acceptors (Lipinski definition) is 2. The van der Waals surface area contributed by atoms with Gasteiger partial charge in [-0.05, 0) is 0 Å². The van der Waals surface area contributed by atoms with Gasteiger partial charge in [-0.25, -0.2) is 0 Å². The van der Waals surface area contributed by atoms with Gasteiger partial charge in [-0.2, -0.15) is 0 Å². The molecule has 0 saturated carbocycles. The molecule has 0 amide bonds. The van der Waals surface area contributed by atoms with Gasteiger partial charge >= 0.3 is 89.0 Å². The van der Waals surface area contributed by atoms with Gasteiger partial charge < -0.3 is 0 Å². The molecule has 0 aliphatic heterocycles. The van der Waals surface area contributed by atoms with E-state index >= 15 is 0 Å². The maximum atomic E-state index is 9.42. The summed E-state index contributed by atoms with van der Waals surface area (Å²) in [4.78, 5) is 0.